The minimum atomic E-state index is -5.02. The first kappa shape index (κ1) is 21.9. The zero-order valence-corrected chi connectivity index (χ0v) is 16.3. The summed E-state index contributed by atoms with van der Waals surface area (Å²) in [6, 6.07) is 8.12. The number of alkyl halides is 6. The van der Waals surface area contributed by atoms with Gasteiger partial charge < -0.3 is 5.73 Å². The number of nitrogen functional groups attached to an aromatic ring is 1. The van der Waals surface area contributed by atoms with Crippen LogP contribution in [0.25, 0.3) is 28.0 Å². The van der Waals surface area contributed by atoms with Crippen LogP contribution in [0.15, 0.2) is 48.5 Å². The van der Waals surface area contributed by atoms with Gasteiger partial charge in [0, 0.05) is 10.6 Å². The highest BCUT2D eigenvalue weighted by Gasteiger charge is 2.38. The molecule has 0 amide bonds. The van der Waals surface area contributed by atoms with Crippen molar-refractivity contribution in [2.24, 2.45) is 0 Å². The van der Waals surface area contributed by atoms with Gasteiger partial charge in [0.2, 0.25) is 0 Å². The molecule has 0 saturated carbocycles. The molecular formula is C20H10ClF7N4. The lowest BCUT2D eigenvalue weighted by atomic mass is 10.1. The van der Waals surface area contributed by atoms with Crippen molar-refractivity contribution >= 4 is 28.5 Å². The number of anilines is 1. The van der Waals surface area contributed by atoms with Gasteiger partial charge in [-0.3, -0.25) is 0 Å². The second-order valence-corrected chi connectivity index (χ2v) is 7.15. The molecule has 0 aliphatic heterocycles. The van der Waals surface area contributed by atoms with E-state index in [9.17, 15) is 30.7 Å². The summed E-state index contributed by atoms with van der Waals surface area (Å²) in [7, 11) is 0. The Morgan fingerprint density at radius 3 is 2.06 bits per heavy atom. The fourth-order valence-electron chi connectivity index (χ4n) is 3.21. The Kier molecular flexibility index (Phi) is 5.04. The Balaban J connectivity index is 2.03. The number of halogens is 8. The molecule has 0 saturated heterocycles. The molecule has 0 unspecified atom stereocenters. The third-order valence-electron chi connectivity index (χ3n) is 4.62. The second-order valence-electron chi connectivity index (χ2n) is 6.71. The van der Waals surface area contributed by atoms with Gasteiger partial charge in [-0.1, -0.05) is 23.7 Å². The van der Waals surface area contributed by atoms with Crippen molar-refractivity contribution in [2.75, 3.05) is 5.73 Å². The molecule has 4 aromatic rings. The fourth-order valence-corrected chi connectivity index (χ4v) is 3.33. The first-order chi connectivity index (χ1) is 14.9. The summed E-state index contributed by atoms with van der Waals surface area (Å²) < 4.78 is 95.7. The van der Waals surface area contributed by atoms with Gasteiger partial charge in [0.25, 0.3) is 0 Å². The summed E-state index contributed by atoms with van der Waals surface area (Å²) >= 11 is 5.80. The van der Waals surface area contributed by atoms with E-state index in [1.165, 1.54) is 24.3 Å². The molecule has 166 valence electrons. The molecule has 0 aliphatic carbocycles. The van der Waals surface area contributed by atoms with Crippen molar-refractivity contribution in [3.05, 3.63) is 70.5 Å². The molecule has 0 atom stereocenters. The molecule has 4 nitrogen and oxygen atoms in total. The molecular weight excluding hydrogens is 465 g/mol. The van der Waals surface area contributed by atoms with E-state index in [4.69, 9.17) is 17.3 Å². The van der Waals surface area contributed by atoms with Gasteiger partial charge in [-0.05, 0) is 36.4 Å². The highest BCUT2D eigenvalue weighted by atomic mass is 35.5. The van der Waals surface area contributed by atoms with Gasteiger partial charge in [-0.25, -0.2) is 14.1 Å². The van der Waals surface area contributed by atoms with Crippen LogP contribution in [0.3, 0.4) is 0 Å². The highest BCUT2D eigenvalue weighted by Crippen LogP contribution is 2.41. The zero-order valence-electron chi connectivity index (χ0n) is 15.6. The summed E-state index contributed by atoms with van der Waals surface area (Å²) in [6.45, 7) is 0. The van der Waals surface area contributed by atoms with E-state index < -0.39 is 51.8 Å². The number of fused-ring (bicyclic) bond motifs is 1. The standard InChI is InChI=1S/C20H10ClF7N4/c21-10-3-1-9(2-4-10)14-8-13(20(26,27)28)16-17(29)32(31-18(16)30-14)15-6-5-11(22)7-12(15)19(23,24)25/h1-8H,29H2. The zero-order chi connectivity index (χ0) is 23.4. The maximum atomic E-state index is 13.8. The molecule has 0 fully saturated rings. The second kappa shape index (κ2) is 7.37. The molecule has 2 N–H and O–H groups in total. The molecule has 0 bridgehead atoms. The van der Waals surface area contributed by atoms with Crippen molar-refractivity contribution in [3.63, 3.8) is 0 Å². The van der Waals surface area contributed by atoms with Crippen LogP contribution >= 0.6 is 11.6 Å². The third-order valence-corrected chi connectivity index (χ3v) is 4.87. The van der Waals surface area contributed by atoms with E-state index >= 15 is 0 Å². The number of rotatable bonds is 2. The third kappa shape index (κ3) is 3.83. The Hall–Kier alpha value is -3.34. The molecule has 2 aromatic heterocycles. The molecule has 2 aromatic carbocycles. The van der Waals surface area contributed by atoms with E-state index in [0.717, 1.165) is 12.1 Å². The van der Waals surface area contributed by atoms with Crippen molar-refractivity contribution in [1.29, 1.82) is 0 Å². The average molecular weight is 475 g/mol. The number of pyridine rings is 1. The Labute approximate surface area is 180 Å². The van der Waals surface area contributed by atoms with Gasteiger partial charge in [0.05, 0.1) is 27.9 Å². The summed E-state index contributed by atoms with van der Waals surface area (Å²) in [6.07, 6.45) is -9.93. The number of nitrogens with zero attached hydrogens (tertiary/aromatic N) is 3. The minimum Gasteiger partial charge on any atom is -0.383 e. The normalized spacial score (nSPS) is 12.5. The number of benzene rings is 2. The monoisotopic (exact) mass is 474 g/mol. The molecule has 0 radical (unpaired) electrons. The topological polar surface area (TPSA) is 56.7 Å². The number of nitrogens with two attached hydrogens (primary N) is 1. The number of hydrogen-bond acceptors (Lipinski definition) is 3. The van der Waals surface area contributed by atoms with Gasteiger partial charge in [0.15, 0.2) is 5.65 Å². The Morgan fingerprint density at radius 1 is 0.844 bits per heavy atom. The molecule has 0 spiro atoms. The van der Waals surface area contributed by atoms with Crippen LogP contribution in [0.5, 0.6) is 0 Å². The lowest BCUT2D eigenvalue weighted by Gasteiger charge is -2.14. The van der Waals surface area contributed by atoms with Crippen molar-refractivity contribution in [2.45, 2.75) is 12.4 Å². The first-order valence-corrected chi connectivity index (χ1v) is 9.13. The highest BCUT2D eigenvalue weighted by molar-refractivity contribution is 6.30. The van der Waals surface area contributed by atoms with Crippen LogP contribution in [-0.4, -0.2) is 14.8 Å². The lowest BCUT2D eigenvalue weighted by Crippen LogP contribution is -2.13. The van der Waals surface area contributed by atoms with E-state index in [0.29, 0.717) is 15.8 Å². The lowest BCUT2D eigenvalue weighted by molar-refractivity contribution is -0.138. The SMILES string of the molecule is Nc1c2c(C(F)(F)F)cc(-c3ccc(Cl)cc3)nc2nn1-c1ccc(F)cc1C(F)(F)F. The molecule has 12 heteroatoms. The smallest absolute Gasteiger partial charge is 0.383 e. The quantitative estimate of drug-likeness (QED) is 0.337. The van der Waals surface area contributed by atoms with Gasteiger partial charge in [-0.2, -0.15) is 26.3 Å². The Morgan fingerprint density at radius 2 is 1.47 bits per heavy atom. The van der Waals surface area contributed by atoms with Crippen molar-refractivity contribution < 1.29 is 30.7 Å². The predicted molar refractivity (Wildman–Crippen MR) is 104 cm³/mol. The van der Waals surface area contributed by atoms with Crippen molar-refractivity contribution in [1.82, 2.24) is 14.8 Å². The van der Waals surface area contributed by atoms with E-state index in [1.54, 1.807) is 0 Å². The van der Waals surface area contributed by atoms with E-state index in [-0.39, 0.29) is 17.3 Å². The summed E-state index contributed by atoms with van der Waals surface area (Å²) in [4.78, 5) is 4.06. The van der Waals surface area contributed by atoms with Crippen LogP contribution < -0.4 is 5.73 Å². The molecule has 4 rings (SSSR count). The molecule has 32 heavy (non-hydrogen) atoms. The van der Waals surface area contributed by atoms with E-state index in [1.807, 2.05) is 0 Å². The van der Waals surface area contributed by atoms with Crippen molar-refractivity contribution in [3.8, 4) is 16.9 Å². The largest absolute Gasteiger partial charge is 0.418 e. The maximum Gasteiger partial charge on any atom is 0.418 e. The van der Waals surface area contributed by atoms with E-state index in [2.05, 4.69) is 10.1 Å². The van der Waals surface area contributed by atoms with Crippen LogP contribution in [-0.2, 0) is 12.4 Å². The van der Waals surface area contributed by atoms with Crippen LogP contribution in [0.2, 0.25) is 5.02 Å². The fraction of sp³-hybridized carbons (Fsp3) is 0.100. The maximum absolute atomic E-state index is 13.8. The predicted octanol–water partition coefficient (Wildman–Crippen LogP) is 6.50. The number of hydrogen-bond donors (Lipinski definition) is 1. The van der Waals surface area contributed by atoms with Crippen LogP contribution in [0.4, 0.5) is 36.6 Å². The number of aromatic nitrogens is 3. The summed E-state index contributed by atoms with van der Waals surface area (Å²) in [5.41, 5.74) is 1.99. The molecule has 2 heterocycles. The van der Waals surface area contributed by atoms with Crippen LogP contribution in [0.1, 0.15) is 11.1 Å². The first-order valence-electron chi connectivity index (χ1n) is 8.76. The van der Waals surface area contributed by atoms with Gasteiger partial charge in [-0.15, -0.1) is 5.10 Å². The van der Waals surface area contributed by atoms with Crippen LogP contribution in [0, 0.1) is 5.82 Å². The summed E-state index contributed by atoms with van der Waals surface area (Å²) in [5, 5.41) is 3.47. The minimum absolute atomic E-state index is 0.138. The van der Waals surface area contributed by atoms with Gasteiger partial charge in [0.1, 0.15) is 11.6 Å². The average Bonchev–Trinajstić information content (AvgIpc) is 3.03. The molecule has 0 aliphatic rings. The summed E-state index contributed by atoms with van der Waals surface area (Å²) in [5.74, 6) is -1.91. The Bertz CT molecular complexity index is 1330. The van der Waals surface area contributed by atoms with Gasteiger partial charge >= 0.3 is 12.4 Å².